The van der Waals surface area contributed by atoms with Crippen LogP contribution in [0.2, 0.25) is 0 Å². The smallest absolute Gasteiger partial charge is 0.241 e. The van der Waals surface area contributed by atoms with Gasteiger partial charge in [-0.3, -0.25) is 4.90 Å². The van der Waals surface area contributed by atoms with Crippen molar-refractivity contribution in [1.29, 1.82) is 0 Å². The maximum absolute atomic E-state index is 12.8. The van der Waals surface area contributed by atoms with Gasteiger partial charge in [-0.15, -0.1) is 0 Å². The number of aromatic nitrogens is 2. The van der Waals surface area contributed by atoms with E-state index in [1.807, 2.05) is 0 Å². The molecule has 2 aromatic carbocycles. The summed E-state index contributed by atoms with van der Waals surface area (Å²) < 4.78 is 82.6. The molecule has 10 heteroatoms. The molecule has 37 heavy (non-hydrogen) atoms. The molecule has 0 amide bonds. The number of likely N-dealkylation sites (tertiary alicyclic amines) is 1. The third-order valence-corrected chi connectivity index (χ3v) is 7.07. The molecule has 1 saturated heterocycles. The van der Waals surface area contributed by atoms with Gasteiger partial charge in [0.05, 0.1) is 6.27 Å². The van der Waals surface area contributed by atoms with Crippen LogP contribution < -0.4 is 20.1 Å². The third-order valence-electron chi connectivity index (χ3n) is 5.32. The molecule has 1 aliphatic heterocycles. The molecule has 0 unspecified atom stereocenters. The van der Waals surface area contributed by atoms with Crippen molar-refractivity contribution in [2.45, 2.75) is 50.9 Å². The summed E-state index contributed by atoms with van der Waals surface area (Å²) in [5.74, 6) is 0.231. The Morgan fingerprint density at radius 3 is 2.57 bits per heavy atom. The molecule has 3 aromatic rings. The van der Waals surface area contributed by atoms with E-state index in [2.05, 4.69) is 25.3 Å². The number of ether oxygens (including phenoxy) is 1. The Kier molecular flexibility index (Phi) is 6.14. The highest BCUT2D eigenvalue weighted by Gasteiger charge is 2.22. The Morgan fingerprint density at radius 1 is 1.11 bits per heavy atom. The summed E-state index contributed by atoms with van der Waals surface area (Å²) in [5, 5.41) is 5.81. The number of hydrogen-bond acceptors (Lipinski definition) is 8. The second-order valence-corrected chi connectivity index (χ2v) is 11.4. The van der Waals surface area contributed by atoms with Crippen LogP contribution in [0.1, 0.15) is 47.4 Å². The van der Waals surface area contributed by atoms with E-state index >= 15 is 0 Å². The van der Waals surface area contributed by atoms with E-state index in [0.717, 1.165) is 12.8 Å². The maximum atomic E-state index is 12.8. The van der Waals surface area contributed by atoms with Gasteiger partial charge in [0.2, 0.25) is 16.0 Å². The second-order valence-electron chi connectivity index (χ2n) is 9.68. The summed E-state index contributed by atoms with van der Waals surface area (Å²) in [4.78, 5) is 10.1. The zero-order valence-corrected chi connectivity index (χ0v) is 21.9. The predicted molar refractivity (Wildman–Crippen MR) is 147 cm³/mol. The van der Waals surface area contributed by atoms with E-state index in [-0.39, 0.29) is 29.0 Å². The lowest BCUT2D eigenvalue weighted by molar-refractivity contribution is 0.238. The molecule has 198 valence electrons. The van der Waals surface area contributed by atoms with Crippen LogP contribution in [0.15, 0.2) is 59.6 Å². The minimum absolute atomic E-state index is 0.0304. The topological polar surface area (TPSA) is 108 Å². The van der Waals surface area contributed by atoms with Crippen LogP contribution in [-0.4, -0.2) is 55.0 Å². The fraction of sp³-hybridized carbons (Fsp3) is 0.407. The van der Waals surface area contributed by atoms with Gasteiger partial charge < -0.3 is 15.4 Å². The second kappa shape index (κ2) is 11.5. The first kappa shape index (κ1) is 19.8. The average molecular weight is 531 g/mol. The van der Waals surface area contributed by atoms with E-state index in [1.54, 1.807) is 56.0 Å². The lowest BCUT2D eigenvalue weighted by Gasteiger charge is -2.20. The van der Waals surface area contributed by atoms with E-state index in [0.29, 0.717) is 24.5 Å². The largest absolute Gasteiger partial charge is 0.492 e. The van der Waals surface area contributed by atoms with Crippen molar-refractivity contribution in [1.82, 2.24) is 19.6 Å². The van der Waals surface area contributed by atoms with Gasteiger partial charge in [0.1, 0.15) is 18.2 Å². The first-order valence-corrected chi connectivity index (χ1v) is 13.5. The van der Waals surface area contributed by atoms with Crippen LogP contribution in [0, 0.1) is 6.85 Å². The average Bonchev–Trinajstić information content (AvgIpc) is 3.42. The van der Waals surface area contributed by atoms with Gasteiger partial charge in [-0.1, -0.05) is 6.07 Å². The van der Waals surface area contributed by atoms with Crippen molar-refractivity contribution in [2.24, 2.45) is 0 Å². The Hall–Kier alpha value is -3.21. The highest BCUT2D eigenvalue weighted by Crippen LogP contribution is 2.24. The number of sulfonamides is 1. The highest BCUT2D eigenvalue weighted by molar-refractivity contribution is 7.89. The van der Waals surface area contributed by atoms with E-state index in [4.69, 9.17) is 13.0 Å². The summed E-state index contributed by atoms with van der Waals surface area (Å²) in [7, 11) is -3.87. The summed E-state index contributed by atoms with van der Waals surface area (Å²) in [6.45, 7) is 2.13. The molecule has 0 aliphatic carbocycles. The van der Waals surface area contributed by atoms with Crippen molar-refractivity contribution >= 4 is 33.2 Å². The molecular formula is C27H36N6O3S. The van der Waals surface area contributed by atoms with E-state index in [9.17, 15) is 8.42 Å². The molecule has 0 radical (unpaired) electrons. The summed E-state index contributed by atoms with van der Waals surface area (Å²) in [6, 6.07) is 12.5. The van der Waals surface area contributed by atoms with Crippen LogP contribution in [0.3, 0.4) is 0 Å². The number of hydrogen-bond donors (Lipinski definition) is 3. The molecule has 0 atom stereocenters. The zero-order valence-electron chi connectivity index (χ0n) is 27.1. The number of nitrogens with zero attached hydrogens (tertiary/aromatic N) is 3. The van der Waals surface area contributed by atoms with Crippen molar-refractivity contribution in [2.75, 3.05) is 36.8 Å². The fourth-order valence-corrected chi connectivity index (χ4v) is 5.14. The Balaban J connectivity index is 1.54. The minimum Gasteiger partial charge on any atom is -0.492 e. The highest BCUT2D eigenvalue weighted by atomic mass is 32.2. The lowest BCUT2D eigenvalue weighted by atomic mass is 10.1. The van der Waals surface area contributed by atoms with Gasteiger partial charge in [0.25, 0.3) is 0 Å². The third kappa shape index (κ3) is 7.88. The van der Waals surface area contributed by atoms with Crippen molar-refractivity contribution in [3.8, 4) is 5.75 Å². The van der Waals surface area contributed by atoms with Crippen molar-refractivity contribution < 1.29 is 21.4 Å². The molecule has 1 aromatic heterocycles. The van der Waals surface area contributed by atoms with E-state index in [1.165, 1.54) is 18.2 Å². The van der Waals surface area contributed by atoms with Crippen molar-refractivity contribution in [3.63, 3.8) is 0 Å². The van der Waals surface area contributed by atoms with Gasteiger partial charge in [0, 0.05) is 42.0 Å². The molecular weight excluding hydrogens is 488 g/mol. The molecule has 4 rings (SSSR count). The monoisotopic (exact) mass is 530 g/mol. The Bertz CT molecular complexity index is 1540. The molecule has 0 bridgehead atoms. The number of rotatable bonds is 10. The van der Waals surface area contributed by atoms with Crippen LogP contribution in [0.5, 0.6) is 5.75 Å². The molecule has 2 heterocycles. The normalized spacial score (nSPS) is 17.6. The lowest BCUT2D eigenvalue weighted by Crippen LogP contribution is -2.40. The van der Waals surface area contributed by atoms with Crippen LogP contribution in [-0.2, 0) is 10.0 Å². The number of nitrogens with one attached hydrogen (secondary N) is 3. The van der Waals surface area contributed by atoms with Gasteiger partial charge in [-0.25, -0.2) is 18.1 Å². The molecule has 0 saturated carbocycles. The van der Waals surface area contributed by atoms with Gasteiger partial charge in [-0.2, -0.15) is 4.98 Å². The Morgan fingerprint density at radius 2 is 1.86 bits per heavy atom. The van der Waals surface area contributed by atoms with Crippen LogP contribution in [0.25, 0.3) is 0 Å². The van der Waals surface area contributed by atoms with E-state index < -0.39 is 40.6 Å². The van der Waals surface area contributed by atoms with Crippen LogP contribution in [0.4, 0.5) is 23.1 Å². The molecule has 0 spiro atoms. The first-order chi connectivity index (χ1) is 19.9. The molecule has 9 nitrogen and oxygen atoms in total. The molecule has 1 aliphatic rings. The Labute approximate surface area is 228 Å². The summed E-state index contributed by atoms with van der Waals surface area (Å²) in [6.07, 6.45) is 1.41. The number of benzene rings is 2. The zero-order chi connectivity index (χ0) is 31.6. The van der Waals surface area contributed by atoms with Gasteiger partial charge in [0.15, 0.2) is 0 Å². The summed E-state index contributed by atoms with van der Waals surface area (Å²) in [5.41, 5.74) is -0.365. The number of anilines is 4. The van der Waals surface area contributed by atoms with Crippen molar-refractivity contribution in [3.05, 3.63) is 60.3 Å². The predicted octanol–water partition coefficient (Wildman–Crippen LogP) is 4.82. The molecule has 3 N–H and O–H groups in total. The molecule has 1 fully saturated rings. The quantitative estimate of drug-likeness (QED) is 0.342. The van der Waals surface area contributed by atoms with Gasteiger partial charge in [-0.05, 0) is 96.0 Å². The van der Waals surface area contributed by atoms with Crippen LogP contribution >= 0.6 is 0 Å². The standard InChI is InChI=1S/C27H36N6O3S/c1-20-19-28-26(30-21-10-12-23(13-11-21)36-17-16-33-14-5-6-15-33)31-25(20)29-22-8-7-9-24(18-22)37(34,35)32-27(2,3)4/h7-13,18-19,32H,5-6,14-17H2,1-4H3,(H2,28,29,30,31)/i1D3,16D2,19D. The SMILES string of the molecule is [2H]c1nc(Nc2ccc(OCC([2H])([2H])N3CCCC3)cc2)nc(Nc2cccc(S(=O)(=O)NC(C)(C)C)c2)c1C([2H])([2H])[2H]. The first-order valence-electron chi connectivity index (χ1n) is 15.0. The maximum Gasteiger partial charge on any atom is 0.241 e. The summed E-state index contributed by atoms with van der Waals surface area (Å²) >= 11 is 0. The fourth-order valence-electron chi connectivity index (χ4n) is 3.68. The minimum atomic E-state index is -3.87. The van der Waals surface area contributed by atoms with Gasteiger partial charge >= 0.3 is 0 Å².